The van der Waals surface area contributed by atoms with Gasteiger partial charge in [0.05, 0.1) is 12.8 Å². The minimum atomic E-state index is -1.33. The second-order valence-electron chi connectivity index (χ2n) is 3.69. The molecule has 0 bridgehead atoms. The average molecular weight is 253 g/mol. The van der Waals surface area contributed by atoms with Gasteiger partial charge in [-0.2, -0.15) is 0 Å². The Hall–Kier alpha value is -2.24. The molecule has 2 aromatic rings. The number of carbonyl (C=O) groups is 1. The van der Waals surface area contributed by atoms with Crippen LogP contribution >= 0.6 is 0 Å². The summed E-state index contributed by atoms with van der Waals surface area (Å²) in [5, 5.41) is 9.03. The van der Waals surface area contributed by atoms with Gasteiger partial charge in [0.2, 0.25) is 0 Å². The summed E-state index contributed by atoms with van der Waals surface area (Å²) >= 11 is 0. The summed E-state index contributed by atoms with van der Waals surface area (Å²) in [4.78, 5) is 15.1. The van der Waals surface area contributed by atoms with E-state index in [0.717, 1.165) is 6.07 Å². The van der Waals surface area contributed by atoms with Gasteiger partial charge in [0, 0.05) is 11.5 Å². The van der Waals surface area contributed by atoms with Gasteiger partial charge in [-0.3, -0.25) is 0 Å². The Labute approximate surface area is 101 Å². The number of aromatic carboxylic acids is 1. The van der Waals surface area contributed by atoms with E-state index in [4.69, 9.17) is 9.84 Å². The van der Waals surface area contributed by atoms with E-state index in [2.05, 4.69) is 4.98 Å². The maximum absolute atomic E-state index is 13.6. The van der Waals surface area contributed by atoms with E-state index in [0.29, 0.717) is 6.07 Å². The lowest BCUT2D eigenvalue weighted by atomic mass is 10.1. The van der Waals surface area contributed by atoms with Gasteiger partial charge in [0.25, 0.3) is 0 Å². The van der Waals surface area contributed by atoms with Crippen LogP contribution < -0.4 is 4.74 Å². The molecule has 4 nitrogen and oxygen atoms in total. The highest BCUT2D eigenvalue weighted by Gasteiger charge is 2.21. The van der Waals surface area contributed by atoms with Crippen LogP contribution in [0.3, 0.4) is 0 Å². The first-order valence-corrected chi connectivity index (χ1v) is 5.02. The van der Waals surface area contributed by atoms with Crippen molar-refractivity contribution in [2.75, 3.05) is 7.11 Å². The number of pyridine rings is 1. The number of fused-ring (bicyclic) bond motifs is 1. The van der Waals surface area contributed by atoms with Crippen LogP contribution in [0.1, 0.15) is 16.1 Å². The maximum Gasteiger partial charge on any atom is 0.340 e. The second-order valence-corrected chi connectivity index (χ2v) is 3.69. The monoisotopic (exact) mass is 253 g/mol. The molecule has 0 spiro atoms. The summed E-state index contributed by atoms with van der Waals surface area (Å²) in [6, 6.07) is 1.59. The highest BCUT2D eigenvalue weighted by atomic mass is 19.1. The van der Waals surface area contributed by atoms with Crippen LogP contribution in [0.15, 0.2) is 12.1 Å². The van der Waals surface area contributed by atoms with Gasteiger partial charge in [-0.1, -0.05) is 0 Å². The third-order valence-corrected chi connectivity index (χ3v) is 2.55. The van der Waals surface area contributed by atoms with E-state index >= 15 is 0 Å². The molecule has 0 aliphatic rings. The predicted molar refractivity (Wildman–Crippen MR) is 59.9 cm³/mol. The fraction of sp³-hybridized carbons (Fsp3) is 0.167. The summed E-state index contributed by atoms with van der Waals surface area (Å²) in [5.74, 6) is -3.10. The third kappa shape index (κ3) is 1.75. The molecule has 6 heteroatoms. The standard InChI is InChI=1S/C12H9F2NO3/c1-5-11(18-2)9(12(16)17)7-3-6(13)4-8(14)10(7)15-5/h3-4H,1-2H3,(H,16,17). The van der Waals surface area contributed by atoms with Crippen molar-refractivity contribution >= 4 is 16.9 Å². The van der Waals surface area contributed by atoms with E-state index in [1.54, 1.807) is 0 Å². The number of carboxylic acids is 1. The van der Waals surface area contributed by atoms with Crippen LogP contribution in [0.25, 0.3) is 10.9 Å². The molecule has 0 aliphatic carbocycles. The highest BCUT2D eigenvalue weighted by molar-refractivity contribution is 6.05. The Morgan fingerprint density at radius 2 is 2.06 bits per heavy atom. The molecule has 0 aliphatic heterocycles. The number of benzene rings is 1. The number of hydrogen-bond acceptors (Lipinski definition) is 3. The Kier molecular flexibility index (Phi) is 2.86. The van der Waals surface area contributed by atoms with Crippen LogP contribution in [0, 0.1) is 18.6 Å². The van der Waals surface area contributed by atoms with Crippen LogP contribution in [-0.4, -0.2) is 23.2 Å². The van der Waals surface area contributed by atoms with E-state index in [1.807, 2.05) is 0 Å². The zero-order chi connectivity index (χ0) is 13.4. The van der Waals surface area contributed by atoms with Gasteiger partial charge in [-0.15, -0.1) is 0 Å². The molecule has 0 amide bonds. The number of aryl methyl sites for hydroxylation is 1. The van der Waals surface area contributed by atoms with Crippen LogP contribution in [0.2, 0.25) is 0 Å². The van der Waals surface area contributed by atoms with Gasteiger partial charge in [0.15, 0.2) is 11.6 Å². The maximum atomic E-state index is 13.6. The Bertz CT molecular complexity index is 656. The zero-order valence-corrected chi connectivity index (χ0v) is 9.62. The number of aromatic nitrogens is 1. The fourth-order valence-corrected chi connectivity index (χ4v) is 1.85. The van der Waals surface area contributed by atoms with E-state index < -0.39 is 17.6 Å². The summed E-state index contributed by atoms with van der Waals surface area (Å²) in [5.41, 5.74) is -0.251. The third-order valence-electron chi connectivity index (χ3n) is 2.55. The summed E-state index contributed by atoms with van der Waals surface area (Å²) in [6.07, 6.45) is 0. The molecular formula is C12H9F2NO3. The average Bonchev–Trinajstić information content (AvgIpc) is 2.28. The predicted octanol–water partition coefficient (Wildman–Crippen LogP) is 2.53. The number of halogens is 2. The van der Waals surface area contributed by atoms with Crippen LogP contribution in [0.4, 0.5) is 8.78 Å². The Morgan fingerprint density at radius 3 is 2.61 bits per heavy atom. The Balaban J connectivity index is 3.01. The number of rotatable bonds is 2. The number of nitrogens with zero attached hydrogens (tertiary/aromatic N) is 1. The smallest absolute Gasteiger partial charge is 0.340 e. The molecule has 0 radical (unpaired) electrons. The zero-order valence-electron chi connectivity index (χ0n) is 9.62. The fourth-order valence-electron chi connectivity index (χ4n) is 1.85. The summed E-state index contributed by atoms with van der Waals surface area (Å²) < 4.78 is 31.7. The molecule has 0 atom stereocenters. The second kappa shape index (κ2) is 4.21. The first-order valence-electron chi connectivity index (χ1n) is 5.02. The highest BCUT2D eigenvalue weighted by Crippen LogP contribution is 2.31. The molecule has 2 rings (SSSR count). The van der Waals surface area contributed by atoms with Gasteiger partial charge in [-0.05, 0) is 13.0 Å². The van der Waals surface area contributed by atoms with Crippen LogP contribution in [0.5, 0.6) is 5.75 Å². The molecule has 0 saturated heterocycles. The largest absolute Gasteiger partial charge is 0.494 e. The van der Waals surface area contributed by atoms with Crippen molar-refractivity contribution in [3.63, 3.8) is 0 Å². The number of hydrogen-bond donors (Lipinski definition) is 1. The number of methoxy groups -OCH3 is 1. The quantitative estimate of drug-likeness (QED) is 0.893. The minimum Gasteiger partial charge on any atom is -0.494 e. The van der Waals surface area contributed by atoms with Crippen molar-refractivity contribution < 1.29 is 23.4 Å². The molecule has 0 saturated carbocycles. The van der Waals surface area contributed by atoms with Crippen molar-refractivity contribution in [3.8, 4) is 5.75 Å². The number of carboxylic acid groups (broad SMARTS) is 1. The molecule has 1 N–H and O–H groups in total. The molecule has 1 heterocycles. The van der Waals surface area contributed by atoms with Crippen LogP contribution in [-0.2, 0) is 0 Å². The van der Waals surface area contributed by atoms with Crippen molar-refractivity contribution in [2.24, 2.45) is 0 Å². The molecule has 0 unspecified atom stereocenters. The normalized spacial score (nSPS) is 10.7. The molecule has 1 aromatic heterocycles. The molecule has 1 aromatic carbocycles. The minimum absolute atomic E-state index is 0.000000000000000444. The lowest BCUT2D eigenvalue weighted by Crippen LogP contribution is -2.06. The first kappa shape index (κ1) is 12.2. The lowest BCUT2D eigenvalue weighted by Gasteiger charge is -2.11. The van der Waals surface area contributed by atoms with Crippen molar-refractivity contribution in [3.05, 3.63) is 35.0 Å². The van der Waals surface area contributed by atoms with Gasteiger partial charge < -0.3 is 9.84 Å². The molecular weight excluding hydrogens is 244 g/mol. The SMILES string of the molecule is COc1c(C)nc2c(F)cc(F)cc2c1C(=O)O. The number of ether oxygens (including phenoxy) is 1. The Morgan fingerprint density at radius 1 is 1.39 bits per heavy atom. The van der Waals surface area contributed by atoms with E-state index in [1.165, 1.54) is 14.0 Å². The van der Waals surface area contributed by atoms with Gasteiger partial charge in [0.1, 0.15) is 16.9 Å². The topological polar surface area (TPSA) is 59.4 Å². The van der Waals surface area contributed by atoms with Crippen molar-refractivity contribution in [2.45, 2.75) is 6.92 Å². The van der Waals surface area contributed by atoms with Crippen molar-refractivity contribution in [1.29, 1.82) is 0 Å². The molecule has 18 heavy (non-hydrogen) atoms. The summed E-state index contributed by atoms with van der Waals surface area (Å²) in [6.45, 7) is 1.49. The first-order chi connectivity index (χ1) is 8.45. The lowest BCUT2D eigenvalue weighted by molar-refractivity contribution is 0.0695. The molecule has 0 fully saturated rings. The molecule has 94 valence electrons. The van der Waals surface area contributed by atoms with Gasteiger partial charge in [-0.25, -0.2) is 18.6 Å². The van der Waals surface area contributed by atoms with E-state index in [9.17, 15) is 13.6 Å². The summed E-state index contributed by atoms with van der Waals surface area (Å²) in [7, 11) is 1.28. The van der Waals surface area contributed by atoms with Crippen molar-refractivity contribution in [1.82, 2.24) is 4.98 Å². The van der Waals surface area contributed by atoms with Gasteiger partial charge >= 0.3 is 5.97 Å². The van der Waals surface area contributed by atoms with E-state index in [-0.39, 0.29) is 27.9 Å².